The molecule has 0 radical (unpaired) electrons. The first kappa shape index (κ1) is 12.9. The standard InChI is InChI=1S/C15H23N3O/c1-11-2-5-15(19)14(17-11)9-16-8-12-6-7-18(10-12)13-3-4-13/h2,5,12-13,16,19H,3-4,6-10H2,1H3. The number of nitrogens with zero attached hydrogens (tertiary/aromatic N) is 2. The largest absolute Gasteiger partial charge is 0.506 e. The lowest BCUT2D eigenvalue weighted by Gasteiger charge is -2.15. The second kappa shape index (κ2) is 5.47. The number of hydrogen-bond donors (Lipinski definition) is 2. The molecule has 1 aromatic rings. The van der Waals surface area contributed by atoms with Gasteiger partial charge in [-0.3, -0.25) is 4.98 Å². The van der Waals surface area contributed by atoms with Gasteiger partial charge in [-0.2, -0.15) is 0 Å². The smallest absolute Gasteiger partial charge is 0.138 e. The van der Waals surface area contributed by atoms with Crippen molar-refractivity contribution in [1.82, 2.24) is 15.2 Å². The average Bonchev–Trinajstić information content (AvgIpc) is 3.14. The summed E-state index contributed by atoms with van der Waals surface area (Å²) in [6.07, 6.45) is 4.11. The Kier molecular flexibility index (Phi) is 3.71. The van der Waals surface area contributed by atoms with Crippen LogP contribution in [-0.4, -0.2) is 40.7 Å². The lowest BCUT2D eigenvalue weighted by atomic mass is 10.1. The van der Waals surface area contributed by atoms with Gasteiger partial charge in [0.05, 0.1) is 5.69 Å². The minimum Gasteiger partial charge on any atom is -0.506 e. The molecule has 104 valence electrons. The van der Waals surface area contributed by atoms with Gasteiger partial charge in [0.2, 0.25) is 0 Å². The molecule has 1 aromatic heterocycles. The number of aromatic hydroxyl groups is 1. The van der Waals surface area contributed by atoms with Gasteiger partial charge in [-0.05, 0) is 57.3 Å². The number of pyridine rings is 1. The summed E-state index contributed by atoms with van der Waals surface area (Å²) in [6, 6.07) is 4.46. The van der Waals surface area contributed by atoms with Crippen LogP contribution in [0.1, 0.15) is 30.7 Å². The fourth-order valence-corrected chi connectivity index (χ4v) is 2.93. The molecular weight excluding hydrogens is 238 g/mol. The van der Waals surface area contributed by atoms with Crippen LogP contribution in [0.3, 0.4) is 0 Å². The predicted octanol–water partition coefficient (Wildman–Crippen LogP) is 1.67. The van der Waals surface area contributed by atoms with E-state index in [-0.39, 0.29) is 0 Å². The predicted molar refractivity (Wildman–Crippen MR) is 75.0 cm³/mol. The van der Waals surface area contributed by atoms with Crippen molar-refractivity contribution in [2.45, 2.75) is 38.8 Å². The van der Waals surface area contributed by atoms with Crippen molar-refractivity contribution in [1.29, 1.82) is 0 Å². The molecule has 19 heavy (non-hydrogen) atoms. The van der Waals surface area contributed by atoms with Crippen molar-refractivity contribution >= 4 is 0 Å². The second-order valence-corrected chi connectivity index (χ2v) is 5.93. The monoisotopic (exact) mass is 261 g/mol. The highest BCUT2D eigenvalue weighted by Crippen LogP contribution is 2.31. The summed E-state index contributed by atoms with van der Waals surface area (Å²) >= 11 is 0. The van der Waals surface area contributed by atoms with Crippen molar-refractivity contribution in [3.63, 3.8) is 0 Å². The molecule has 0 spiro atoms. The highest BCUT2D eigenvalue weighted by atomic mass is 16.3. The summed E-state index contributed by atoms with van der Waals surface area (Å²) in [6.45, 7) is 6.15. The van der Waals surface area contributed by atoms with Gasteiger partial charge in [0, 0.05) is 24.8 Å². The Morgan fingerprint density at radius 2 is 2.21 bits per heavy atom. The van der Waals surface area contributed by atoms with Crippen LogP contribution in [0, 0.1) is 12.8 Å². The molecule has 2 N–H and O–H groups in total. The first-order chi connectivity index (χ1) is 9.22. The van der Waals surface area contributed by atoms with Crippen molar-refractivity contribution in [3.8, 4) is 5.75 Å². The Bertz CT molecular complexity index is 445. The molecule has 1 atom stereocenters. The van der Waals surface area contributed by atoms with E-state index < -0.39 is 0 Å². The van der Waals surface area contributed by atoms with E-state index in [2.05, 4.69) is 15.2 Å². The Morgan fingerprint density at radius 1 is 1.37 bits per heavy atom. The zero-order chi connectivity index (χ0) is 13.2. The van der Waals surface area contributed by atoms with Crippen LogP contribution in [0.2, 0.25) is 0 Å². The fourth-order valence-electron chi connectivity index (χ4n) is 2.93. The molecule has 4 nitrogen and oxygen atoms in total. The van der Waals surface area contributed by atoms with E-state index in [4.69, 9.17) is 0 Å². The lowest BCUT2D eigenvalue weighted by Crippen LogP contribution is -2.27. The lowest BCUT2D eigenvalue weighted by molar-refractivity contribution is 0.311. The third-order valence-corrected chi connectivity index (χ3v) is 4.20. The Balaban J connectivity index is 1.44. The number of likely N-dealkylation sites (tertiary alicyclic amines) is 1. The molecule has 1 unspecified atom stereocenters. The minimum atomic E-state index is 0.295. The van der Waals surface area contributed by atoms with E-state index in [9.17, 15) is 5.11 Å². The first-order valence-corrected chi connectivity index (χ1v) is 7.32. The molecule has 0 aromatic carbocycles. The summed E-state index contributed by atoms with van der Waals surface area (Å²) < 4.78 is 0. The van der Waals surface area contributed by atoms with E-state index in [1.165, 1.54) is 32.4 Å². The molecule has 3 rings (SSSR count). The van der Waals surface area contributed by atoms with Crippen LogP contribution in [0.4, 0.5) is 0 Å². The molecule has 1 aliphatic heterocycles. The molecule has 1 saturated heterocycles. The van der Waals surface area contributed by atoms with Gasteiger partial charge in [-0.1, -0.05) is 0 Å². The summed E-state index contributed by atoms with van der Waals surface area (Å²) in [7, 11) is 0. The highest BCUT2D eigenvalue weighted by molar-refractivity contribution is 5.27. The van der Waals surface area contributed by atoms with Crippen LogP contribution in [-0.2, 0) is 6.54 Å². The maximum Gasteiger partial charge on any atom is 0.138 e. The van der Waals surface area contributed by atoms with Gasteiger partial charge in [-0.25, -0.2) is 0 Å². The topological polar surface area (TPSA) is 48.4 Å². The van der Waals surface area contributed by atoms with E-state index in [0.717, 1.165) is 29.9 Å². The number of rotatable bonds is 5. The molecule has 0 amide bonds. The number of nitrogens with one attached hydrogen (secondary N) is 1. The van der Waals surface area contributed by atoms with E-state index in [1.807, 2.05) is 13.0 Å². The molecular formula is C15H23N3O. The Labute approximate surface area is 114 Å². The Morgan fingerprint density at radius 3 is 3.00 bits per heavy atom. The third-order valence-electron chi connectivity index (χ3n) is 4.20. The van der Waals surface area contributed by atoms with Gasteiger partial charge in [0.1, 0.15) is 5.75 Å². The van der Waals surface area contributed by atoms with Crippen LogP contribution < -0.4 is 5.32 Å². The fraction of sp³-hybridized carbons (Fsp3) is 0.667. The molecule has 2 aliphatic rings. The summed E-state index contributed by atoms with van der Waals surface area (Å²) in [5.41, 5.74) is 1.72. The summed E-state index contributed by atoms with van der Waals surface area (Å²) in [5.74, 6) is 1.05. The number of aromatic nitrogens is 1. The minimum absolute atomic E-state index is 0.295. The summed E-state index contributed by atoms with van der Waals surface area (Å²) in [4.78, 5) is 7.00. The molecule has 2 fully saturated rings. The molecule has 2 heterocycles. The van der Waals surface area contributed by atoms with Crippen molar-refractivity contribution in [3.05, 3.63) is 23.5 Å². The van der Waals surface area contributed by atoms with E-state index >= 15 is 0 Å². The Hall–Kier alpha value is -1.13. The highest BCUT2D eigenvalue weighted by Gasteiger charge is 2.33. The van der Waals surface area contributed by atoms with Crippen LogP contribution >= 0.6 is 0 Å². The number of hydrogen-bond acceptors (Lipinski definition) is 4. The van der Waals surface area contributed by atoms with Crippen LogP contribution in [0.15, 0.2) is 12.1 Å². The first-order valence-electron chi connectivity index (χ1n) is 7.32. The number of aryl methyl sites for hydroxylation is 1. The zero-order valence-electron chi connectivity index (χ0n) is 11.6. The van der Waals surface area contributed by atoms with Gasteiger partial charge in [-0.15, -0.1) is 0 Å². The van der Waals surface area contributed by atoms with Gasteiger partial charge < -0.3 is 15.3 Å². The molecule has 4 heteroatoms. The van der Waals surface area contributed by atoms with Gasteiger partial charge in [0.25, 0.3) is 0 Å². The van der Waals surface area contributed by atoms with E-state index in [0.29, 0.717) is 12.3 Å². The SMILES string of the molecule is Cc1ccc(O)c(CNCC2CCN(C3CC3)C2)n1. The second-order valence-electron chi connectivity index (χ2n) is 5.93. The van der Waals surface area contributed by atoms with Crippen molar-refractivity contribution < 1.29 is 5.11 Å². The zero-order valence-corrected chi connectivity index (χ0v) is 11.6. The summed E-state index contributed by atoms with van der Waals surface area (Å²) in [5, 5.41) is 13.2. The average molecular weight is 261 g/mol. The van der Waals surface area contributed by atoms with Crippen LogP contribution in [0.5, 0.6) is 5.75 Å². The molecule has 1 aliphatic carbocycles. The molecule has 0 bridgehead atoms. The van der Waals surface area contributed by atoms with Gasteiger partial charge in [0.15, 0.2) is 0 Å². The van der Waals surface area contributed by atoms with Crippen LogP contribution in [0.25, 0.3) is 0 Å². The van der Waals surface area contributed by atoms with Crippen molar-refractivity contribution in [2.24, 2.45) is 5.92 Å². The third kappa shape index (κ3) is 3.25. The molecule has 1 saturated carbocycles. The maximum absolute atomic E-state index is 9.74. The van der Waals surface area contributed by atoms with Gasteiger partial charge >= 0.3 is 0 Å². The van der Waals surface area contributed by atoms with E-state index in [1.54, 1.807) is 6.07 Å². The normalized spacial score (nSPS) is 23.9. The van der Waals surface area contributed by atoms with Crippen molar-refractivity contribution in [2.75, 3.05) is 19.6 Å². The quantitative estimate of drug-likeness (QED) is 0.846. The maximum atomic E-state index is 9.74.